The molecule has 0 radical (unpaired) electrons. The van der Waals surface area contributed by atoms with E-state index in [0.717, 1.165) is 32.8 Å². The summed E-state index contributed by atoms with van der Waals surface area (Å²) < 4.78 is 5.40. The van der Waals surface area contributed by atoms with Gasteiger partial charge < -0.3 is 20.3 Å². The Morgan fingerprint density at radius 1 is 1.27 bits per heavy atom. The third-order valence-electron chi connectivity index (χ3n) is 4.44. The minimum atomic E-state index is 0.627. The molecule has 1 aliphatic rings. The SMILES string of the molecule is CCOCCNC1CCCN(c2ccc(NC)cc2C)CC1. The van der Waals surface area contributed by atoms with Gasteiger partial charge in [0.2, 0.25) is 0 Å². The van der Waals surface area contributed by atoms with Gasteiger partial charge in [0.15, 0.2) is 0 Å². The van der Waals surface area contributed by atoms with Crippen molar-refractivity contribution in [1.29, 1.82) is 0 Å². The van der Waals surface area contributed by atoms with Crippen LogP contribution in [0.4, 0.5) is 11.4 Å². The summed E-state index contributed by atoms with van der Waals surface area (Å²) in [5, 5.41) is 6.85. The van der Waals surface area contributed by atoms with Crippen LogP contribution in [0.15, 0.2) is 18.2 Å². The Balaban J connectivity index is 1.87. The molecule has 4 nitrogen and oxygen atoms in total. The highest BCUT2D eigenvalue weighted by molar-refractivity contribution is 5.60. The van der Waals surface area contributed by atoms with E-state index in [-0.39, 0.29) is 0 Å². The molecule has 1 saturated heterocycles. The molecule has 0 spiro atoms. The van der Waals surface area contributed by atoms with Crippen LogP contribution >= 0.6 is 0 Å². The Morgan fingerprint density at radius 3 is 2.86 bits per heavy atom. The maximum Gasteiger partial charge on any atom is 0.0590 e. The lowest BCUT2D eigenvalue weighted by atomic mass is 10.1. The van der Waals surface area contributed by atoms with Crippen LogP contribution in [0.2, 0.25) is 0 Å². The zero-order valence-electron chi connectivity index (χ0n) is 14.3. The van der Waals surface area contributed by atoms with E-state index in [4.69, 9.17) is 4.74 Å². The minimum absolute atomic E-state index is 0.627. The van der Waals surface area contributed by atoms with Gasteiger partial charge in [0, 0.05) is 50.7 Å². The van der Waals surface area contributed by atoms with Crippen LogP contribution in [0.1, 0.15) is 31.7 Å². The van der Waals surface area contributed by atoms with Crippen molar-refractivity contribution in [3.8, 4) is 0 Å². The third kappa shape index (κ3) is 4.89. The second-order valence-corrected chi connectivity index (χ2v) is 6.02. The van der Waals surface area contributed by atoms with Crippen molar-refractivity contribution in [3.63, 3.8) is 0 Å². The fraction of sp³-hybridized carbons (Fsp3) is 0.667. The van der Waals surface area contributed by atoms with E-state index in [2.05, 4.69) is 40.7 Å². The molecule has 1 fully saturated rings. The van der Waals surface area contributed by atoms with Gasteiger partial charge in [-0.05, 0) is 56.9 Å². The van der Waals surface area contributed by atoms with Crippen LogP contribution < -0.4 is 15.5 Å². The Labute approximate surface area is 135 Å². The summed E-state index contributed by atoms with van der Waals surface area (Å²) in [5.41, 5.74) is 3.93. The molecule has 0 bridgehead atoms. The number of nitrogens with one attached hydrogen (secondary N) is 2. The molecule has 0 saturated carbocycles. The van der Waals surface area contributed by atoms with Crippen LogP contribution in [0.25, 0.3) is 0 Å². The van der Waals surface area contributed by atoms with Crippen molar-refractivity contribution < 1.29 is 4.74 Å². The first-order chi connectivity index (χ1) is 10.7. The highest BCUT2D eigenvalue weighted by Crippen LogP contribution is 2.26. The summed E-state index contributed by atoms with van der Waals surface area (Å²) in [5.74, 6) is 0. The second-order valence-electron chi connectivity index (χ2n) is 6.02. The average molecular weight is 305 g/mol. The molecule has 0 aromatic heterocycles. The number of hydrogen-bond donors (Lipinski definition) is 2. The molecule has 22 heavy (non-hydrogen) atoms. The zero-order valence-corrected chi connectivity index (χ0v) is 14.3. The van der Waals surface area contributed by atoms with Gasteiger partial charge in [0.25, 0.3) is 0 Å². The van der Waals surface area contributed by atoms with Crippen molar-refractivity contribution in [2.24, 2.45) is 0 Å². The summed E-state index contributed by atoms with van der Waals surface area (Å²) in [7, 11) is 1.97. The van der Waals surface area contributed by atoms with Crippen LogP contribution in [-0.2, 0) is 4.74 Å². The first-order valence-electron chi connectivity index (χ1n) is 8.59. The summed E-state index contributed by atoms with van der Waals surface area (Å²) in [4.78, 5) is 2.54. The lowest BCUT2D eigenvalue weighted by Crippen LogP contribution is -2.33. The number of rotatable bonds is 7. The maximum absolute atomic E-state index is 5.40. The summed E-state index contributed by atoms with van der Waals surface area (Å²) in [6.07, 6.45) is 3.72. The van der Waals surface area contributed by atoms with Gasteiger partial charge in [-0.15, -0.1) is 0 Å². The summed E-state index contributed by atoms with van der Waals surface area (Å²) in [6.45, 7) is 9.14. The normalized spacial score (nSPS) is 19.0. The smallest absolute Gasteiger partial charge is 0.0590 e. The number of hydrogen-bond acceptors (Lipinski definition) is 4. The number of nitrogens with zero attached hydrogens (tertiary/aromatic N) is 1. The fourth-order valence-electron chi connectivity index (χ4n) is 3.19. The quantitative estimate of drug-likeness (QED) is 0.759. The first kappa shape index (κ1) is 17.1. The number of anilines is 2. The molecule has 1 heterocycles. The van der Waals surface area contributed by atoms with E-state index < -0.39 is 0 Å². The molecule has 2 N–H and O–H groups in total. The molecule has 1 aromatic carbocycles. The number of benzene rings is 1. The fourth-order valence-corrected chi connectivity index (χ4v) is 3.19. The molecule has 4 heteroatoms. The molecular weight excluding hydrogens is 274 g/mol. The third-order valence-corrected chi connectivity index (χ3v) is 4.44. The van der Waals surface area contributed by atoms with E-state index in [1.807, 2.05) is 14.0 Å². The lowest BCUT2D eigenvalue weighted by Gasteiger charge is -2.25. The van der Waals surface area contributed by atoms with Gasteiger partial charge in [-0.2, -0.15) is 0 Å². The van der Waals surface area contributed by atoms with E-state index in [9.17, 15) is 0 Å². The predicted octanol–water partition coefficient (Wildman–Crippen LogP) is 3.02. The summed E-state index contributed by atoms with van der Waals surface area (Å²) >= 11 is 0. The number of aryl methyl sites for hydroxylation is 1. The zero-order chi connectivity index (χ0) is 15.8. The van der Waals surface area contributed by atoms with Gasteiger partial charge in [0.05, 0.1) is 6.61 Å². The van der Waals surface area contributed by atoms with Crippen LogP contribution in [0.3, 0.4) is 0 Å². The highest BCUT2D eigenvalue weighted by atomic mass is 16.5. The van der Waals surface area contributed by atoms with E-state index >= 15 is 0 Å². The Bertz CT molecular complexity index is 450. The minimum Gasteiger partial charge on any atom is -0.388 e. The van der Waals surface area contributed by atoms with Gasteiger partial charge >= 0.3 is 0 Å². The Hall–Kier alpha value is -1.26. The van der Waals surface area contributed by atoms with Crippen LogP contribution in [0.5, 0.6) is 0 Å². The van der Waals surface area contributed by atoms with Crippen molar-refractivity contribution in [2.45, 2.75) is 39.2 Å². The molecular formula is C18H31N3O. The van der Waals surface area contributed by atoms with Gasteiger partial charge in [-0.1, -0.05) is 0 Å². The van der Waals surface area contributed by atoms with Crippen molar-refractivity contribution in [3.05, 3.63) is 23.8 Å². The Morgan fingerprint density at radius 2 is 2.14 bits per heavy atom. The van der Waals surface area contributed by atoms with Crippen molar-refractivity contribution in [2.75, 3.05) is 50.1 Å². The Kier molecular flexibility index (Phi) is 7.00. The lowest BCUT2D eigenvalue weighted by molar-refractivity contribution is 0.146. The molecule has 1 aliphatic heterocycles. The summed E-state index contributed by atoms with van der Waals surface area (Å²) in [6, 6.07) is 7.29. The average Bonchev–Trinajstić information content (AvgIpc) is 2.77. The highest BCUT2D eigenvalue weighted by Gasteiger charge is 2.17. The van der Waals surface area contributed by atoms with Crippen molar-refractivity contribution >= 4 is 11.4 Å². The molecule has 0 amide bonds. The van der Waals surface area contributed by atoms with E-state index in [0.29, 0.717) is 6.04 Å². The van der Waals surface area contributed by atoms with Gasteiger partial charge in [0.1, 0.15) is 0 Å². The van der Waals surface area contributed by atoms with Crippen LogP contribution in [-0.4, -0.2) is 45.9 Å². The predicted molar refractivity (Wildman–Crippen MR) is 95.1 cm³/mol. The van der Waals surface area contributed by atoms with Gasteiger partial charge in [-0.3, -0.25) is 0 Å². The van der Waals surface area contributed by atoms with E-state index in [1.165, 1.54) is 36.2 Å². The molecule has 0 aliphatic carbocycles. The standard InChI is InChI=1S/C18H31N3O/c1-4-22-13-10-20-16-6-5-11-21(12-9-16)18-8-7-17(19-3)14-15(18)2/h7-8,14,16,19-20H,4-6,9-13H2,1-3H3. The topological polar surface area (TPSA) is 36.5 Å². The molecule has 124 valence electrons. The molecule has 1 unspecified atom stereocenters. The number of ether oxygens (including phenoxy) is 1. The largest absolute Gasteiger partial charge is 0.388 e. The van der Waals surface area contributed by atoms with Crippen molar-refractivity contribution in [1.82, 2.24) is 5.32 Å². The first-order valence-corrected chi connectivity index (χ1v) is 8.59. The monoisotopic (exact) mass is 305 g/mol. The van der Waals surface area contributed by atoms with Gasteiger partial charge in [-0.25, -0.2) is 0 Å². The van der Waals surface area contributed by atoms with E-state index in [1.54, 1.807) is 0 Å². The second kappa shape index (κ2) is 9.01. The van der Waals surface area contributed by atoms with Crippen LogP contribution in [0, 0.1) is 6.92 Å². The molecule has 1 aromatic rings. The maximum atomic E-state index is 5.40. The molecule has 2 rings (SSSR count). The molecule has 1 atom stereocenters.